The van der Waals surface area contributed by atoms with E-state index < -0.39 is 5.60 Å². The minimum Gasteiger partial charge on any atom is -0.346 e. The molecular weight excluding hydrogens is 180 g/mol. The molecule has 0 bridgehead atoms. The Morgan fingerprint density at radius 3 is 2.57 bits per heavy atom. The lowest BCUT2D eigenvalue weighted by molar-refractivity contribution is -0.469. The second-order valence-electron chi connectivity index (χ2n) is 3.66. The summed E-state index contributed by atoms with van der Waals surface area (Å²) < 4.78 is 5.40. The maximum atomic E-state index is 5.40. The van der Waals surface area contributed by atoms with E-state index in [0.717, 1.165) is 5.56 Å². The molecule has 0 radical (unpaired) electrons. The van der Waals surface area contributed by atoms with E-state index in [1.165, 1.54) is 0 Å². The molecule has 1 heterocycles. The van der Waals surface area contributed by atoms with Gasteiger partial charge in [0.15, 0.2) is 6.29 Å². The van der Waals surface area contributed by atoms with E-state index in [-0.39, 0.29) is 6.29 Å². The number of benzene rings is 1. The van der Waals surface area contributed by atoms with Crippen LogP contribution in [-0.4, -0.2) is 12.9 Å². The van der Waals surface area contributed by atoms with Gasteiger partial charge >= 0.3 is 0 Å². The van der Waals surface area contributed by atoms with Gasteiger partial charge in [0.2, 0.25) is 0 Å². The van der Waals surface area contributed by atoms with Crippen LogP contribution in [0.3, 0.4) is 0 Å². The third-order valence-electron chi connectivity index (χ3n) is 2.35. The lowest BCUT2D eigenvalue weighted by Crippen LogP contribution is -2.40. The molecule has 1 aromatic rings. The molecule has 1 aliphatic rings. The molecule has 1 aromatic carbocycles. The summed E-state index contributed by atoms with van der Waals surface area (Å²) in [6, 6.07) is 9.93. The molecule has 0 aromatic heterocycles. The standard InChI is InChI=1S/C11H14O3/c1-9-12-8-11(2,14-13-9)10-6-4-3-5-7-10/h3-7,9H,8H2,1-2H3. The van der Waals surface area contributed by atoms with Gasteiger partial charge in [-0.2, -0.15) is 0 Å². The van der Waals surface area contributed by atoms with Crippen LogP contribution in [0.2, 0.25) is 0 Å². The highest BCUT2D eigenvalue weighted by Gasteiger charge is 2.34. The van der Waals surface area contributed by atoms with Crippen molar-refractivity contribution in [1.29, 1.82) is 0 Å². The monoisotopic (exact) mass is 194 g/mol. The van der Waals surface area contributed by atoms with Crippen LogP contribution in [0.4, 0.5) is 0 Å². The number of rotatable bonds is 1. The highest BCUT2D eigenvalue weighted by molar-refractivity contribution is 5.21. The van der Waals surface area contributed by atoms with Gasteiger partial charge in [0, 0.05) is 0 Å². The SMILES string of the molecule is CC1OCC(C)(c2ccccc2)OO1. The predicted molar refractivity (Wildman–Crippen MR) is 51.4 cm³/mol. The van der Waals surface area contributed by atoms with E-state index in [0.29, 0.717) is 6.61 Å². The van der Waals surface area contributed by atoms with Crippen LogP contribution in [0, 0.1) is 0 Å². The van der Waals surface area contributed by atoms with Crippen LogP contribution in [0.5, 0.6) is 0 Å². The second-order valence-corrected chi connectivity index (χ2v) is 3.66. The Balaban J connectivity index is 2.17. The molecule has 0 amide bonds. The number of hydrogen-bond acceptors (Lipinski definition) is 3. The zero-order valence-electron chi connectivity index (χ0n) is 8.40. The van der Waals surface area contributed by atoms with Gasteiger partial charge in [-0.25, -0.2) is 9.78 Å². The largest absolute Gasteiger partial charge is 0.346 e. The minimum absolute atomic E-state index is 0.285. The molecule has 1 aliphatic heterocycles. The van der Waals surface area contributed by atoms with E-state index in [1.807, 2.05) is 44.2 Å². The Morgan fingerprint density at radius 1 is 1.29 bits per heavy atom. The summed E-state index contributed by atoms with van der Waals surface area (Å²) in [5, 5.41) is 0. The van der Waals surface area contributed by atoms with E-state index in [2.05, 4.69) is 0 Å². The Bertz CT molecular complexity index is 289. The predicted octanol–water partition coefficient (Wildman–Crippen LogP) is 2.23. The first-order valence-corrected chi connectivity index (χ1v) is 4.72. The zero-order valence-corrected chi connectivity index (χ0v) is 8.40. The smallest absolute Gasteiger partial charge is 0.188 e. The quantitative estimate of drug-likeness (QED) is 0.641. The summed E-state index contributed by atoms with van der Waals surface area (Å²) >= 11 is 0. The molecule has 1 fully saturated rings. The molecule has 3 heteroatoms. The molecule has 3 nitrogen and oxygen atoms in total. The molecule has 0 saturated carbocycles. The van der Waals surface area contributed by atoms with Crippen molar-refractivity contribution in [3.05, 3.63) is 35.9 Å². The van der Waals surface area contributed by atoms with Crippen molar-refractivity contribution >= 4 is 0 Å². The fraction of sp³-hybridized carbons (Fsp3) is 0.455. The van der Waals surface area contributed by atoms with Crippen molar-refractivity contribution in [2.75, 3.05) is 6.61 Å². The van der Waals surface area contributed by atoms with Gasteiger partial charge in [-0.1, -0.05) is 30.3 Å². The fourth-order valence-corrected chi connectivity index (χ4v) is 1.42. The molecule has 76 valence electrons. The normalized spacial score (nSPS) is 32.9. The number of ether oxygens (including phenoxy) is 1. The second kappa shape index (κ2) is 3.69. The van der Waals surface area contributed by atoms with E-state index in [1.54, 1.807) is 0 Å². The van der Waals surface area contributed by atoms with Gasteiger partial charge in [-0.15, -0.1) is 0 Å². The third kappa shape index (κ3) is 1.80. The van der Waals surface area contributed by atoms with E-state index >= 15 is 0 Å². The van der Waals surface area contributed by atoms with Gasteiger partial charge in [-0.05, 0) is 19.4 Å². The van der Waals surface area contributed by atoms with Gasteiger partial charge in [-0.3, -0.25) is 0 Å². The van der Waals surface area contributed by atoms with Crippen molar-refractivity contribution in [3.63, 3.8) is 0 Å². The molecule has 14 heavy (non-hydrogen) atoms. The average Bonchev–Trinajstić information content (AvgIpc) is 2.24. The lowest BCUT2D eigenvalue weighted by atomic mass is 9.97. The molecule has 2 rings (SSSR count). The third-order valence-corrected chi connectivity index (χ3v) is 2.35. The van der Waals surface area contributed by atoms with Crippen LogP contribution in [0.25, 0.3) is 0 Å². The van der Waals surface area contributed by atoms with Gasteiger partial charge in [0.25, 0.3) is 0 Å². The topological polar surface area (TPSA) is 27.7 Å². The van der Waals surface area contributed by atoms with Gasteiger partial charge < -0.3 is 4.74 Å². The summed E-state index contributed by atoms with van der Waals surface area (Å²) in [5.41, 5.74) is 0.570. The van der Waals surface area contributed by atoms with Gasteiger partial charge in [0.05, 0.1) is 6.61 Å². The highest BCUT2D eigenvalue weighted by Crippen LogP contribution is 2.30. The number of hydrogen-bond donors (Lipinski definition) is 0. The van der Waals surface area contributed by atoms with E-state index in [4.69, 9.17) is 14.5 Å². The summed E-state index contributed by atoms with van der Waals surface area (Å²) in [6.45, 7) is 4.27. The molecule has 2 unspecified atom stereocenters. The molecule has 2 atom stereocenters. The van der Waals surface area contributed by atoms with Crippen LogP contribution in [0.15, 0.2) is 30.3 Å². The van der Waals surface area contributed by atoms with E-state index in [9.17, 15) is 0 Å². The van der Waals surface area contributed by atoms with Gasteiger partial charge in [0.1, 0.15) is 5.60 Å². The van der Waals surface area contributed by atoms with Crippen LogP contribution in [0.1, 0.15) is 19.4 Å². The van der Waals surface area contributed by atoms with Crippen molar-refractivity contribution in [1.82, 2.24) is 0 Å². The lowest BCUT2D eigenvalue weighted by Gasteiger charge is -2.34. The first kappa shape index (κ1) is 9.65. The minimum atomic E-state index is -0.492. The zero-order chi connectivity index (χ0) is 10.0. The Morgan fingerprint density at radius 2 is 2.00 bits per heavy atom. The Kier molecular flexibility index (Phi) is 2.54. The van der Waals surface area contributed by atoms with Crippen molar-refractivity contribution < 1.29 is 14.5 Å². The first-order valence-electron chi connectivity index (χ1n) is 4.72. The Hall–Kier alpha value is -0.900. The van der Waals surface area contributed by atoms with Crippen LogP contribution >= 0.6 is 0 Å². The molecule has 0 spiro atoms. The van der Waals surface area contributed by atoms with Crippen LogP contribution in [-0.2, 0) is 20.1 Å². The van der Waals surface area contributed by atoms with Crippen LogP contribution < -0.4 is 0 Å². The summed E-state index contributed by atoms with van der Waals surface area (Å²) in [7, 11) is 0. The molecule has 1 saturated heterocycles. The van der Waals surface area contributed by atoms with Crippen molar-refractivity contribution in [3.8, 4) is 0 Å². The first-order chi connectivity index (χ1) is 6.71. The molecule has 0 aliphatic carbocycles. The molecule has 0 N–H and O–H groups in total. The maximum absolute atomic E-state index is 5.40. The summed E-state index contributed by atoms with van der Waals surface area (Å²) in [6.07, 6.45) is -0.285. The van der Waals surface area contributed by atoms with Crippen molar-refractivity contribution in [2.45, 2.75) is 25.7 Å². The average molecular weight is 194 g/mol. The maximum Gasteiger partial charge on any atom is 0.188 e. The highest BCUT2D eigenvalue weighted by atomic mass is 17.2. The fourth-order valence-electron chi connectivity index (χ4n) is 1.42. The van der Waals surface area contributed by atoms with Crippen molar-refractivity contribution in [2.24, 2.45) is 0 Å². The summed E-state index contributed by atoms with van der Waals surface area (Å²) in [5.74, 6) is 0. The molecular formula is C11H14O3. The summed E-state index contributed by atoms with van der Waals surface area (Å²) in [4.78, 5) is 10.4. The Labute approximate surface area is 83.5 Å².